The zero-order valence-electron chi connectivity index (χ0n) is 5.68. The molecule has 0 aliphatic heterocycles. The van der Waals surface area contributed by atoms with E-state index in [0.29, 0.717) is 10.3 Å². The molecule has 0 bridgehead atoms. The van der Waals surface area contributed by atoms with Crippen LogP contribution in [-0.2, 0) is 0 Å². The van der Waals surface area contributed by atoms with E-state index in [2.05, 4.69) is 31.4 Å². The Bertz CT molecular complexity index is 283. The van der Waals surface area contributed by atoms with Gasteiger partial charge in [-0.15, -0.1) is 0 Å². The van der Waals surface area contributed by atoms with Crippen LogP contribution < -0.4 is 5.32 Å². The van der Waals surface area contributed by atoms with Crippen LogP contribution in [-0.4, -0.2) is 28.3 Å². The van der Waals surface area contributed by atoms with Crippen LogP contribution in [0.15, 0.2) is 4.47 Å². The van der Waals surface area contributed by atoms with Crippen molar-refractivity contribution in [1.29, 1.82) is 0 Å². The van der Waals surface area contributed by atoms with Crippen LogP contribution in [0.5, 0.6) is 0 Å². The largest absolute Gasteiger partial charge is 0.476 e. The number of hydrogen-bond donors (Lipinski definition) is 3. The minimum atomic E-state index is -1.04. The van der Waals surface area contributed by atoms with Crippen LogP contribution in [0.2, 0.25) is 0 Å². The smallest absolute Gasteiger partial charge is 0.355 e. The molecule has 0 atom stereocenters. The molecule has 1 aromatic rings. The SMILES string of the molecule is CNc1n[nH]c(C(=O)O)c1Br. The molecule has 1 aromatic heterocycles. The Labute approximate surface area is 70.9 Å². The van der Waals surface area contributed by atoms with E-state index in [-0.39, 0.29) is 5.69 Å². The molecule has 0 spiro atoms. The molecule has 5 nitrogen and oxygen atoms in total. The lowest BCUT2D eigenvalue weighted by atomic mass is 10.4. The van der Waals surface area contributed by atoms with Gasteiger partial charge in [-0.2, -0.15) is 5.10 Å². The maximum Gasteiger partial charge on any atom is 0.355 e. The van der Waals surface area contributed by atoms with Crippen molar-refractivity contribution in [2.45, 2.75) is 0 Å². The minimum absolute atomic E-state index is 0.0503. The molecule has 3 N–H and O–H groups in total. The molecule has 6 heteroatoms. The summed E-state index contributed by atoms with van der Waals surface area (Å²) in [5, 5.41) is 17.3. The van der Waals surface area contributed by atoms with Gasteiger partial charge in [-0.25, -0.2) is 4.79 Å². The monoisotopic (exact) mass is 219 g/mol. The lowest BCUT2D eigenvalue weighted by Crippen LogP contribution is -1.97. The van der Waals surface area contributed by atoms with Crippen molar-refractivity contribution in [2.24, 2.45) is 0 Å². The molecule has 0 unspecified atom stereocenters. The Hall–Kier alpha value is -1.04. The van der Waals surface area contributed by atoms with E-state index in [1.165, 1.54) is 0 Å². The second kappa shape index (κ2) is 2.91. The van der Waals surface area contributed by atoms with Gasteiger partial charge in [0.05, 0.1) is 4.47 Å². The summed E-state index contributed by atoms with van der Waals surface area (Å²) in [6, 6.07) is 0. The van der Waals surface area contributed by atoms with Crippen LogP contribution in [0.1, 0.15) is 10.5 Å². The predicted octanol–water partition coefficient (Wildman–Crippen LogP) is 0.912. The van der Waals surface area contributed by atoms with Gasteiger partial charge in [-0.3, -0.25) is 5.10 Å². The Morgan fingerprint density at radius 1 is 1.82 bits per heavy atom. The van der Waals surface area contributed by atoms with Gasteiger partial charge in [0.25, 0.3) is 0 Å². The van der Waals surface area contributed by atoms with Gasteiger partial charge in [0.2, 0.25) is 0 Å². The Balaban J connectivity index is 3.10. The standard InChI is InChI=1S/C5H6BrN3O2/c1-7-4-2(6)3(5(10)11)8-9-4/h1H3,(H,10,11)(H2,7,8,9). The number of H-pyrrole nitrogens is 1. The molecule has 0 saturated heterocycles. The molecule has 0 radical (unpaired) electrons. The number of carbonyl (C=O) groups is 1. The normalized spacial score (nSPS) is 9.64. The van der Waals surface area contributed by atoms with E-state index in [4.69, 9.17) is 5.11 Å². The summed E-state index contributed by atoms with van der Waals surface area (Å²) in [6.45, 7) is 0. The van der Waals surface area contributed by atoms with Crippen molar-refractivity contribution < 1.29 is 9.90 Å². The molecule has 0 aliphatic rings. The van der Waals surface area contributed by atoms with Crippen LogP contribution in [0.25, 0.3) is 0 Å². The van der Waals surface area contributed by atoms with E-state index in [9.17, 15) is 4.79 Å². The summed E-state index contributed by atoms with van der Waals surface area (Å²) >= 11 is 3.07. The van der Waals surface area contributed by atoms with Gasteiger partial charge in [-0.1, -0.05) is 0 Å². The maximum atomic E-state index is 10.4. The van der Waals surface area contributed by atoms with Crippen molar-refractivity contribution in [3.63, 3.8) is 0 Å². The quantitative estimate of drug-likeness (QED) is 0.692. The predicted molar refractivity (Wildman–Crippen MR) is 42.8 cm³/mol. The van der Waals surface area contributed by atoms with E-state index in [1.807, 2.05) is 0 Å². The van der Waals surface area contributed by atoms with E-state index >= 15 is 0 Å². The summed E-state index contributed by atoms with van der Waals surface area (Å²) in [4.78, 5) is 10.4. The van der Waals surface area contributed by atoms with Crippen molar-refractivity contribution >= 4 is 27.7 Å². The number of hydrogen-bond acceptors (Lipinski definition) is 3. The number of nitrogens with zero attached hydrogens (tertiary/aromatic N) is 1. The highest BCUT2D eigenvalue weighted by Crippen LogP contribution is 2.22. The van der Waals surface area contributed by atoms with Crippen LogP contribution >= 0.6 is 15.9 Å². The van der Waals surface area contributed by atoms with E-state index in [1.54, 1.807) is 7.05 Å². The Morgan fingerprint density at radius 2 is 2.45 bits per heavy atom. The van der Waals surface area contributed by atoms with Crippen molar-refractivity contribution in [3.8, 4) is 0 Å². The van der Waals surface area contributed by atoms with Crippen LogP contribution in [0.4, 0.5) is 5.82 Å². The molecule has 0 amide bonds. The number of carboxylic acid groups (broad SMARTS) is 1. The third kappa shape index (κ3) is 1.35. The zero-order valence-corrected chi connectivity index (χ0v) is 7.27. The first kappa shape index (κ1) is 8.06. The second-order valence-corrected chi connectivity index (χ2v) is 2.61. The van der Waals surface area contributed by atoms with E-state index in [0.717, 1.165) is 0 Å². The van der Waals surface area contributed by atoms with Gasteiger partial charge in [0.15, 0.2) is 11.5 Å². The molecule has 1 rings (SSSR count). The van der Waals surface area contributed by atoms with Gasteiger partial charge in [-0.05, 0) is 15.9 Å². The van der Waals surface area contributed by atoms with Gasteiger partial charge < -0.3 is 10.4 Å². The number of aromatic carboxylic acids is 1. The van der Waals surface area contributed by atoms with Crippen LogP contribution in [0.3, 0.4) is 0 Å². The third-order valence-corrected chi connectivity index (χ3v) is 1.93. The third-order valence-electron chi connectivity index (χ3n) is 1.16. The summed E-state index contributed by atoms with van der Waals surface area (Å²) in [5.41, 5.74) is 0.0503. The second-order valence-electron chi connectivity index (χ2n) is 1.82. The maximum absolute atomic E-state index is 10.4. The fourth-order valence-electron chi connectivity index (χ4n) is 0.636. The highest BCUT2D eigenvalue weighted by atomic mass is 79.9. The number of aromatic amines is 1. The number of anilines is 1. The highest BCUT2D eigenvalue weighted by molar-refractivity contribution is 9.10. The first-order chi connectivity index (χ1) is 5.16. The van der Waals surface area contributed by atoms with Crippen molar-refractivity contribution in [1.82, 2.24) is 10.2 Å². The van der Waals surface area contributed by atoms with Crippen LogP contribution in [0, 0.1) is 0 Å². The summed E-state index contributed by atoms with van der Waals surface area (Å²) < 4.78 is 0.438. The van der Waals surface area contributed by atoms with E-state index < -0.39 is 5.97 Å². The Kier molecular flexibility index (Phi) is 2.13. The topological polar surface area (TPSA) is 78.0 Å². The lowest BCUT2D eigenvalue weighted by molar-refractivity contribution is 0.0689. The highest BCUT2D eigenvalue weighted by Gasteiger charge is 2.14. The van der Waals surface area contributed by atoms with Gasteiger partial charge in [0, 0.05) is 7.05 Å². The molecule has 11 heavy (non-hydrogen) atoms. The summed E-state index contributed by atoms with van der Waals surface area (Å²) in [6.07, 6.45) is 0. The Morgan fingerprint density at radius 3 is 2.73 bits per heavy atom. The molecule has 0 fully saturated rings. The number of aromatic nitrogens is 2. The first-order valence-corrected chi connectivity index (χ1v) is 3.61. The number of carboxylic acids is 1. The fourth-order valence-corrected chi connectivity index (χ4v) is 1.18. The number of nitrogens with one attached hydrogen (secondary N) is 2. The number of halogens is 1. The molecule has 0 saturated carbocycles. The van der Waals surface area contributed by atoms with Gasteiger partial charge >= 0.3 is 5.97 Å². The zero-order chi connectivity index (χ0) is 8.43. The average molecular weight is 220 g/mol. The fraction of sp³-hybridized carbons (Fsp3) is 0.200. The molecular weight excluding hydrogens is 214 g/mol. The van der Waals surface area contributed by atoms with Crippen molar-refractivity contribution in [3.05, 3.63) is 10.2 Å². The summed E-state index contributed by atoms with van der Waals surface area (Å²) in [5.74, 6) is -0.548. The molecular formula is C5H6BrN3O2. The minimum Gasteiger partial charge on any atom is -0.476 e. The molecule has 60 valence electrons. The molecule has 0 aromatic carbocycles. The molecule has 0 aliphatic carbocycles. The first-order valence-electron chi connectivity index (χ1n) is 2.81. The number of rotatable bonds is 2. The summed E-state index contributed by atoms with van der Waals surface area (Å²) in [7, 11) is 1.66. The molecule has 1 heterocycles. The van der Waals surface area contributed by atoms with Crippen molar-refractivity contribution in [2.75, 3.05) is 12.4 Å². The average Bonchev–Trinajstić information content (AvgIpc) is 2.30. The lowest BCUT2D eigenvalue weighted by Gasteiger charge is -1.91. The van der Waals surface area contributed by atoms with Gasteiger partial charge in [0.1, 0.15) is 0 Å².